The summed E-state index contributed by atoms with van der Waals surface area (Å²) in [5.74, 6) is 0.271. The first-order chi connectivity index (χ1) is 9.36. The second kappa shape index (κ2) is 4.94. The van der Waals surface area contributed by atoms with Crippen LogP contribution in [0.15, 0.2) is 73.1 Å². The Morgan fingerprint density at radius 1 is 0.684 bits per heavy atom. The van der Waals surface area contributed by atoms with Gasteiger partial charge in [0.05, 0.1) is 0 Å². The molecule has 0 unspecified atom stereocenters. The fraction of sp³-hybridized carbons (Fsp3) is 0. The molecule has 2 heteroatoms. The molecule has 2 nitrogen and oxygen atoms in total. The predicted molar refractivity (Wildman–Crippen MR) is 76.8 cm³/mol. The molecule has 0 atom stereocenters. The van der Waals surface area contributed by atoms with Gasteiger partial charge in [-0.05, 0) is 23.3 Å². The molecule has 92 valence electrons. The highest BCUT2D eigenvalue weighted by atomic mass is 16.3. The number of phenolic OH excluding ortho intramolecular Hbond substituents is 1. The average molecular weight is 247 g/mol. The summed E-state index contributed by atoms with van der Waals surface area (Å²) in [6.07, 6.45) is 3.56. The van der Waals surface area contributed by atoms with Crippen molar-refractivity contribution in [2.75, 3.05) is 0 Å². The van der Waals surface area contributed by atoms with Gasteiger partial charge >= 0.3 is 0 Å². The lowest BCUT2D eigenvalue weighted by Gasteiger charge is -2.10. The summed E-state index contributed by atoms with van der Waals surface area (Å²) in [5, 5.41) is 10.0. The second-order valence-corrected chi connectivity index (χ2v) is 4.30. The number of nitrogens with zero attached hydrogens (tertiary/aromatic N) is 1. The van der Waals surface area contributed by atoms with Crippen LogP contribution in [0.4, 0.5) is 0 Å². The van der Waals surface area contributed by atoms with Crippen LogP contribution in [0.2, 0.25) is 0 Å². The molecule has 1 aromatic heterocycles. The molecule has 1 N–H and O–H groups in total. The maximum Gasteiger partial charge on any atom is 0.123 e. The highest BCUT2D eigenvalue weighted by Crippen LogP contribution is 2.35. The zero-order valence-electron chi connectivity index (χ0n) is 10.3. The Bertz CT molecular complexity index is 692. The first-order valence-corrected chi connectivity index (χ1v) is 6.14. The van der Waals surface area contributed by atoms with E-state index in [9.17, 15) is 5.11 Å². The number of pyridine rings is 1. The third-order valence-electron chi connectivity index (χ3n) is 3.10. The lowest BCUT2D eigenvalue weighted by atomic mass is 9.96. The van der Waals surface area contributed by atoms with E-state index in [1.165, 1.54) is 0 Å². The van der Waals surface area contributed by atoms with E-state index in [2.05, 4.69) is 17.1 Å². The molecule has 0 aliphatic carbocycles. The minimum absolute atomic E-state index is 0.271. The molecule has 0 aliphatic rings. The molecule has 0 radical (unpaired) electrons. The Balaban J connectivity index is 2.21. The van der Waals surface area contributed by atoms with Crippen molar-refractivity contribution in [3.05, 3.63) is 73.1 Å². The van der Waals surface area contributed by atoms with Gasteiger partial charge in [-0.15, -0.1) is 0 Å². The maximum atomic E-state index is 10.0. The summed E-state index contributed by atoms with van der Waals surface area (Å²) >= 11 is 0. The van der Waals surface area contributed by atoms with E-state index in [1.54, 1.807) is 18.5 Å². The molecule has 0 spiro atoms. The summed E-state index contributed by atoms with van der Waals surface area (Å²) in [7, 11) is 0. The Labute approximate surface area is 112 Å². The molecule has 3 rings (SSSR count). The third kappa shape index (κ3) is 2.20. The Hall–Kier alpha value is -2.61. The Morgan fingerprint density at radius 2 is 1.42 bits per heavy atom. The monoisotopic (exact) mass is 247 g/mol. The van der Waals surface area contributed by atoms with E-state index >= 15 is 0 Å². The number of aromatic nitrogens is 1. The number of para-hydroxylation sites is 1. The van der Waals surface area contributed by atoms with Crippen LogP contribution >= 0.6 is 0 Å². The predicted octanol–water partition coefficient (Wildman–Crippen LogP) is 4.12. The topological polar surface area (TPSA) is 33.1 Å². The van der Waals surface area contributed by atoms with Crippen LogP contribution in [-0.4, -0.2) is 10.1 Å². The van der Waals surface area contributed by atoms with Crippen LogP contribution in [0.3, 0.4) is 0 Å². The molecule has 0 bridgehead atoms. The minimum Gasteiger partial charge on any atom is -0.507 e. The largest absolute Gasteiger partial charge is 0.507 e. The van der Waals surface area contributed by atoms with Crippen LogP contribution < -0.4 is 0 Å². The number of hydrogen-bond donors (Lipinski definition) is 1. The minimum atomic E-state index is 0.271. The Kier molecular flexibility index (Phi) is 2.99. The molecule has 0 amide bonds. The number of hydrogen-bond acceptors (Lipinski definition) is 2. The zero-order chi connectivity index (χ0) is 13.1. The molecule has 2 aromatic carbocycles. The maximum absolute atomic E-state index is 10.0. The molecule has 1 heterocycles. The van der Waals surface area contributed by atoms with E-state index < -0.39 is 0 Å². The molecule has 0 aliphatic heterocycles. The third-order valence-corrected chi connectivity index (χ3v) is 3.10. The number of phenols is 1. The number of aromatic hydroxyl groups is 1. The van der Waals surface area contributed by atoms with Gasteiger partial charge in [-0.1, -0.05) is 48.5 Å². The van der Waals surface area contributed by atoms with Gasteiger partial charge in [-0.3, -0.25) is 4.98 Å². The normalized spacial score (nSPS) is 10.3. The van der Waals surface area contributed by atoms with E-state index in [1.807, 2.05) is 42.5 Å². The van der Waals surface area contributed by atoms with Gasteiger partial charge in [0.2, 0.25) is 0 Å². The molecule has 3 aromatic rings. The van der Waals surface area contributed by atoms with Gasteiger partial charge in [0.15, 0.2) is 0 Å². The van der Waals surface area contributed by atoms with Gasteiger partial charge in [-0.2, -0.15) is 0 Å². The molecule has 0 saturated heterocycles. The van der Waals surface area contributed by atoms with Crippen LogP contribution in [-0.2, 0) is 0 Å². The molecular formula is C17H13NO. The summed E-state index contributed by atoms with van der Waals surface area (Å²) in [4.78, 5) is 4.18. The van der Waals surface area contributed by atoms with Gasteiger partial charge in [0, 0.05) is 23.5 Å². The van der Waals surface area contributed by atoms with E-state index in [4.69, 9.17) is 0 Å². The standard InChI is InChI=1S/C17H13NO/c19-17-9-5-4-8-15(17)16-12-18-11-10-14(16)13-6-2-1-3-7-13/h1-12,19H. The van der Waals surface area contributed by atoms with Crippen molar-refractivity contribution in [3.8, 4) is 28.0 Å². The summed E-state index contributed by atoms with van der Waals surface area (Å²) in [6, 6.07) is 19.4. The highest BCUT2D eigenvalue weighted by Gasteiger charge is 2.09. The summed E-state index contributed by atoms with van der Waals surface area (Å²) in [6.45, 7) is 0. The molecule has 0 fully saturated rings. The van der Waals surface area contributed by atoms with Crippen LogP contribution in [0.1, 0.15) is 0 Å². The lowest BCUT2D eigenvalue weighted by Crippen LogP contribution is -1.87. The van der Waals surface area contributed by atoms with Crippen molar-refractivity contribution >= 4 is 0 Å². The van der Waals surface area contributed by atoms with E-state index in [-0.39, 0.29) is 5.75 Å². The van der Waals surface area contributed by atoms with Crippen LogP contribution in [0.5, 0.6) is 5.75 Å². The molecular weight excluding hydrogens is 234 g/mol. The fourth-order valence-electron chi connectivity index (χ4n) is 2.18. The van der Waals surface area contributed by atoms with Gasteiger partial charge in [0.1, 0.15) is 5.75 Å². The smallest absolute Gasteiger partial charge is 0.123 e. The quantitative estimate of drug-likeness (QED) is 0.738. The van der Waals surface area contributed by atoms with Crippen LogP contribution in [0.25, 0.3) is 22.3 Å². The SMILES string of the molecule is Oc1ccccc1-c1cnccc1-c1ccccc1. The van der Waals surface area contributed by atoms with Crippen molar-refractivity contribution in [3.63, 3.8) is 0 Å². The lowest BCUT2D eigenvalue weighted by molar-refractivity contribution is 0.477. The van der Waals surface area contributed by atoms with Gasteiger partial charge in [0.25, 0.3) is 0 Å². The van der Waals surface area contributed by atoms with Gasteiger partial charge < -0.3 is 5.11 Å². The summed E-state index contributed by atoms with van der Waals surface area (Å²) < 4.78 is 0. The highest BCUT2D eigenvalue weighted by molar-refractivity contribution is 5.85. The van der Waals surface area contributed by atoms with Crippen LogP contribution in [0, 0.1) is 0 Å². The van der Waals surface area contributed by atoms with Crippen molar-refractivity contribution in [1.29, 1.82) is 0 Å². The van der Waals surface area contributed by atoms with E-state index in [0.29, 0.717) is 0 Å². The van der Waals surface area contributed by atoms with Crippen molar-refractivity contribution in [2.45, 2.75) is 0 Å². The molecule has 19 heavy (non-hydrogen) atoms. The number of benzene rings is 2. The van der Waals surface area contributed by atoms with E-state index in [0.717, 1.165) is 22.3 Å². The zero-order valence-corrected chi connectivity index (χ0v) is 10.3. The second-order valence-electron chi connectivity index (χ2n) is 4.30. The Morgan fingerprint density at radius 3 is 2.21 bits per heavy atom. The van der Waals surface area contributed by atoms with Crippen molar-refractivity contribution in [1.82, 2.24) is 4.98 Å². The first-order valence-electron chi connectivity index (χ1n) is 6.14. The average Bonchev–Trinajstić information content (AvgIpc) is 2.49. The fourth-order valence-corrected chi connectivity index (χ4v) is 2.18. The molecule has 0 saturated carbocycles. The first kappa shape index (κ1) is 11.5. The van der Waals surface area contributed by atoms with Crippen molar-refractivity contribution < 1.29 is 5.11 Å². The van der Waals surface area contributed by atoms with Crippen molar-refractivity contribution in [2.24, 2.45) is 0 Å². The summed E-state index contributed by atoms with van der Waals surface area (Å²) in [5.41, 5.74) is 3.92. The van der Waals surface area contributed by atoms with Gasteiger partial charge in [-0.25, -0.2) is 0 Å². The number of rotatable bonds is 2.